The van der Waals surface area contributed by atoms with E-state index in [0.717, 1.165) is 0 Å². The van der Waals surface area contributed by atoms with E-state index in [-0.39, 0.29) is 25.0 Å². The Morgan fingerprint density at radius 3 is 2.69 bits per heavy atom. The first-order valence-electron chi connectivity index (χ1n) is 10.7. The average molecular weight is 479 g/mol. The highest BCUT2D eigenvalue weighted by Crippen LogP contribution is 2.71. The van der Waals surface area contributed by atoms with E-state index in [1.807, 2.05) is 6.92 Å². The molecule has 172 valence electrons. The van der Waals surface area contributed by atoms with Crippen LogP contribution < -0.4 is 4.90 Å². The smallest absolute Gasteiger partial charge is 0.308 e. The van der Waals surface area contributed by atoms with Crippen molar-refractivity contribution < 1.29 is 24.6 Å². The summed E-state index contributed by atoms with van der Waals surface area (Å²) in [5.41, 5.74) is 0.501. The Kier molecular flexibility index (Phi) is 5.84. The second-order valence-corrected chi connectivity index (χ2v) is 11.3. The SMILES string of the molecule is C=CCN(C(=O)C1N([C@H](C)CO)C(=O)[C@@H]2[C@@H](C(=O)O)[C@@]3(C)CCC12S3)c1ccccc1Cl. The van der Waals surface area contributed by atoms with Crippen molar-refractivity contribution in [3.63, 3.8) is 0 Å². The molecule has 1 aromatic carbocycles. The van der Waals surface area contributed by atoms with Crippen molar-refractivity contribution >= 4 is 46.8 Å². The topological polar surface area (TPSA) is 98.2 Å². The second kappa shape index (κ2) is 8.08. The fourth-order valence-corrected chi connectivity index (χ4v) is 8.40. The number of hydrogen-bond acceptors (Lipinski definition) is 5. The van der Waals surface area contributed by atoms with Crippen LogP contribution in [0.3, 0.4) is 0 Å². The number of aliphatic hydroxyl groups excluding tert-OH is 1. The maximum atomic E-state index is 14.2. The van der Waals surface area contributed by atoms with Gasteiger partial charge in [0, 0.05) is 11.3 Å². The number of amides is 2. The molecule has 0 aromatic heterocycles. The van der Waals surface area contributed by atoms with Gasteiger partial charge in [0.1, 0.15) is 6.04 Å². The normalized spacial score (nSPS) is 33.8. The summed E-state index contributed by atoms with van der Waals surface area (Å²) in [5, 5.41) is 20.3. The maximum Gasteiger partial charge on any atom is 0.308 e. The number of hydrogen-bond donors (Lipinski definition) is 2. The van der Waals surface area contributed by atoms with Crippen LogP contribution in [-0.2, 0) is 14.4 Å². The summed E-state index contributed by atoms with van der Waals surface area (Å²) in [6.07, 6.45) is 2.76. The van der Waals surface area contributed by atoms with Crippen LogP contribution in [0.2, 0.25) is 5.02 Å². The lowest BCUT2D eigenvalue weighted by Crippen LogP contribution is -2.57. The zero-order valence-electron chi connectivity index (χ0n) is 18.0. The Morgan fingerprint density at radius 1 is 1.41 bits per heavy atom. The van der Waals surface area contributed by atoms with E-state index in [0.29, 0.717) is 23.6 Å². The van der Waals surface area contributed by atoms with Crippen LogP contribution in [-0.4, -0.2) is 67.6 Å². The molecule has 2 N–H and O–H groups in total. The molecule has 6 atom stereocenters. The number of aliphatic hydroxyl groups is 1. The molecule has 2 unspecified atom stereocenters. The van der Waals surface area contributed by atoms with Gasteiger partial charge in [0.2, 0.25) is 5.91 Å². The monoisotopic (exact) mass is 478 g/mol. The number of rotatable bonds is 7. The Hall–Kier alpha value is -2.03. The van der Waals surface area contributed by atoms with Crippen molar-refractivity contribution in [1.29, 1.82) is 0 Å². The van der Waals surface area contributed by atoms with Crippen LogP contribution in [0.1, 0.15) is 26.7 Å². The molecule has 0 saturated carbocycles. The van der Waals surface area contributed by atoms with Gasteiger partial charge in [0.25, 0.3) is 5.91 Å². The lowest BCUT2D eigenvalue weighted by atomic mass is 9.66. The largest absolute Gasteiger partial charge is 0.481 e. The number of fused-ring (bicyclic) bond motifs is 1. The van der Waals surface area contributed by atoms with Gasteiger partial charge < -0.3 is 20.0 Å². The molecule has 7 nitrogen and oxygen atoms in total. The number of halogens is 1. The molecular weight excluding hydrogens is 452 g/mol. The first-order chi connectivity index (χ1) is 15.1. The van der Waals surface area contributed by atoms with E-state index in [4.69, 9.17) is 11.6 Å². The van der Waals surface area contributed by atoms with Crippen LogP contribution in [0.15, 0.2) is 36.9 Å². The number of thioether (sulfide) groups is 1. The summed E-state index contributed by atoms with van der Waals surface area (Å²) in [5.74, 6) is -3.42. The molecule has 4 rings (SSSR count). The predicted octanol–water partition coefficient (Wildman–Crippen LogP) is 2.81. The van der Waals surface area contributed by atoms with Gasteiger partial charge in [-0.25, -0.2) is 0 Å². The number of anilines is 1. The second-order valence-electron chi connectivity index (χ2n) is 9.03. The number of nitrogens with zero attached hydrogens (tertiary/aromatic N) is 2. The summed E-state index contributed by atoms with van der Waals surface area (Å²) in [4.78, 5) is 43.0. The average Bonchev–Trinajstić information content (AvgIpc) is 3.32. The first kappa shape index (κ1) is 23.1. The molecule has 9 heteroatoms. The first-order valence-corrected chi connectivity index (χ1v) is 11.8. The Morgan fingerprint density at radius 2 is 2.09 bits per heavy atom. The van der Waals surface area contributed by atoms with Gasteiger partial charge in [0.15, 0.2) is 0 Å². The number of carboxylic acids is 1. The Balaban J connectivity index is 1.86. The molecule has 3 saturated heterocycles. The minimum absolute atomic E-state index is 0.180. The maximum absolute atomic E-state index is 14.2. The van der Waals surface area contributed by atoms with Crippen molar-refractivity contribution in [2.45, 2.75) is 48.3 Å². The molecule has 0 radical (unpaired) electrons. The van der Waals surface area contributed by atoms with E-state index in [1.165, 1.54) is 21.6 Å². The molecule has 2 bridgehead atoms. The number of carboxylic acid groups (broad SMARTS) is 1. The number of likely N-dealkylation sites (tertiary alicyclic amines) is 1. The molecular formula is C23H27ClN2O5S. The Labute approximate surface area is 196 Å². The standard InChI is InChI=1S/C23H27ClN2O5S/c1-4-11-25(15-8-6-5-7-14(15)24)20(29)18-23-10-9-22(3,32-23)17(21(30)31)16(23)19(28)26(18)13(2)12-27/h4-8,13,16-18,27H,1,9-12H2,2-3H3,(H,30,31)/t13-,16+,17+,18?,22-,23?/m1/s1. The van der Waals surface area contributed by atoms with Crippen LogP contribution in [0.5, 0.6) is 0 Å². The minimum Gasteiger partial charge on any atom is -0.481 e. The van der Waals surface area contributed by atoms with Crippen molar-refractivity contribution in [1.82, 2.24) is 4.90 Å². The number of carbonyl (C=O) groups excluding carboxylic acids is 2. The zero-order valence-corrected chi connectivity index (χ0v) is 19.6. The highest BCUT2D eigenvalue weighted by Gasteiger charge is 2.77. The van der Waals surface area contributed by atoms with E-state index in [1.54, 1.807) is 37.3 Å². The predicted molar refractivity (Wildman–Crippen MR) is 124 cm³/mol. The minimum atomic E-state index is -1.02. The summed E-state index contributed by atoms with van der Waals surface area (Å²) in [7, 11) is 0. The number of benzene rings is 1. The highest BCUT2D eigenvalue weighted by molar-refractivity contribution is 8.02. The molecule has 2 amide bonds. The molecule has 1 spiro atoms. The van der Waals surface area contributed by atoms with Gasteiger partial charge in [0.05, 0.1) is 39.9 Å². The quantitative estimate of drug-likeness (QED) is 0.585. The third-order valence-electron chi connectivity index (χ3n) is 7.17. The summed E-state index contributed by atoms with van der Waals surface area (Å²) < 4.78 is -1.48. The molecule has 3 aliphatic rings. The van der Waals surface area contributed by atoms with Gasteiger partial charge in [-0.2, -0.15) is 0 Å². The molecule has 1 aromatic rings. The van der Waals surface area contributed by atoms with E-state index in [9.17, 15) is 24.6 Å². The van der Waals surface area contributed by atoms with Crippen molar-refractivity contribution in [2.24, 2.45) is 11.8 Å². The van der Waals surface area contributed by atoms with Crippen molar-refractivity contribution in [3.8, 4) is 0 Å². The third-order valence-corrected chi connectivity index (χ3v) is 9.48. The lowest BCUT2D eigenvalue weighted by Gasteiger charge is -2.39. The molecule has 3 heterocycles. The van der Waals surface area contributed by atoms with Crippen LogP contribution in [0, 0.1) is 11.8 Å². The van der Waals surface area contributed by atoms with E-state index in [2.05, 4.69) is 6.58 Å². The lowest BCUT2D eigenvalue weighted by molar-refractivity contribution is -0.150. The van der Waals surface area contributed by atoms with Crippen LogP contribution in [0.4, 0.5) is 5.69 Å². The fraction of sp³-hybridized carbons (Fsp3) is 0.522. The number of carbonyl (C=O) groups is 3. The number of para-hydroxylation sites is 1. The Bertz CT molecular complexity index is 989. The highest BCUT2D eigenvalue weighted by atomic mass is 35.5. The fourth-order valence-electron chi connectivity index (χ4n) is 5.84. The number of aliphatic carboxylic acids is 1. The van der Waals surface area contributed by atoms with Gasteiger partial charge in [-0.15, -0.1) is 18.3 Å². The van der Waals surface area contributed by atoms with Gasteiger partial charge in [-0.1, -0.05) is 29.8 Å². The summed E-state index contributed by atoms with van der Waals surface area (Å²) in [6, 6.07) is 5.42. The zero-order chi connectivity index (χ0) is 23.4. The summed E-state index contributed by atoms with van der Waals surface area (Å²) in [6.45, 7) is 7.18. The van der Waals surface area contributed by atoms with Crippen molar-refractivity contribution in [2.75, 3.05) is 18.1 Å². The summed E-state index contributed by atoms with van der Waals surface area (Å²) >= 11 is 7.87. The van der Waals surface area contributed by atoms with Crippen molar-refractivity contribution in [3.05, 3.63) is 41.9 Å². The van der Waals surface area contributed by atoms with E-state index >= 15 is 0 Å². The van der Waals surface area contributed by atoms with Crippen LogP contribution in [0.25, 0.3) is 0 Å². The van der Waals surface area contributed by atoms with Gasteiger partial charge >= 0.3 is 5.97 Å². The molecule has 32 heavy (non-hydrogen) atoms. The molecule has 0 aliphatic carbocycles. The van der Waals surface area contributed by atoms with Gasteiger partial charge in [-0.05, 0) is 38.8 Å². The molecule has 3 aliphatic heterocycles. The van der Waals surface area contributed by atoms with Crippen LogP contribution >= 0.6 is 23.4 Å². The molecule has 3 fully saturated rings. The third kappa shape index (κ3) is 3.10. The van der Waals surface area contributed by atoms with E-state index < -0.39 is 39.4 Å². The van der Waals surface area contributed by atoms with Gasteiger partial charge in [-0.3, -0.25) is 14.4 Å².